The zero-order chi connectivity index (χ0) is 17.1. The Kier molecular flexibility index (Phi) is 4.31. The van der Waals surface area contributed by atoms with Crippen LogP contribution in [0.25, 0.3) is 11.5 Å². The molecule has 0 radical (unpaired) electrons. The van der Waals surface area contributed by atoms with Gasteiger partial charge in [0.25, 0.3) is 11.5 Å². The van der Waals surface area contributed by atoms with Gasteiger partial charge in [0.15, 0.2) is 0 Å². The second-order valence-corrected chi connectivity index (χ2v) is 5.31. The van der Waals surface area contributed by atoms with Gasteiger partial charge in [-0.2, -0.15) is 0 Å². The van der Waals surface area contributed by atoms with Crippen molar-refractivity contribution in [2.75, 3.05) is 5.32 Å². The van der Waals surface area contributed by atoms with Gasteiger partial charge in [-0.15, -0.1) is 0 Å². The number of aromatic nitrogens is 1. The Morgan fingerprint density at radius 3 is 2.62 bits per heavy atom. The number of carbonyl (C=O) groups is 1. The Hall–Kier alpha value is -3.12. The first-order valence-corrected chi connectivity index (χ1v) is 7.42. The predicted octanol–water partition coefficient (Wildman–Crippen LogP) is 2.94. The van der Waals surface area contributed by atoms with Gasteiger partial charge >= 0.3 is 0 Å². The number of H-pyrrole nitrogens is 1. The first-order chi connectivity index (χ1) is 11.6. The molecule has 0 fully saturated rings. The number of aromatic amines is 1. The number of furan rings is 1. The van der Waals surface area contributed by atoms with E-state index in [4.69, 9.17) is 4.42 Å². The number of aliphatic hydroxyl groups is 1. The first kappa shape index (κ1) is 15.8. The summed E-state index contributed by atoms with van der Waals surface area (Å²) in [6.45, 7) is 1.61. The average molecular weight is 324 g/mol. The third-order valence-corrected chi connectivity index (χ3v) is 3.60. The fraction of sp³-hybridized carbons (Fsp3) is 0.111. The van der Waals surface area contributed by atoms with Crippen LogP contribution in [-0.4, -0.2) is 16.0 Å². The molecule has 0 spiro atoms. The molecule has 3 N–H and O–H groups in total. The summed E-state index contributed by atoms with van der Waals surface area (Å²) in [5.41, 5.74) is 0.994. The van der Waals surface area contributed by atoms with Gasteiger partial charge in [-0.3, -0.25) is 9.59 Å². The van der Waals surface area contributed by atoms with Gasteiger partial charge in [-0.05, 0) is 37.3 Å². The SMILES string of the molecule is CC(O)c1ccccc1NC(=O)c1ccc(-c2ccco2)[nH]c1=O. The summed E-state index contributed by atoms with van der Waals surface area (Å²) in [4.78, 5) is 27.2. The summed E-state index contributed by atoms with van der Waals surface area (Å²) in [5.74, 6) is -0.0335. The predicted molar refractivity (Wildman–Crippen MR) is 89.8 cm³/mol. The van der Waals surface area contributed by atoms with Crippen molar-refractivity contribution in [3.63, 3.8) is 0 Å². The lowest BCUT2D eigenvalue weighted by Gasteiger charge is -2.12. The maximum Gasteiger partial charge on any atom is 0.261 e. The molecular formula is C18H16N2O4. The number of rotatable bonds is 4. The van der Waals surface area contributed by atoms with Gasteiger partial charge in [0.1, 0.15) is 11.3 Å². The summed E-state index contributed by atoms with van der Waals surface area (Å²) in [7, 11) is 0. The molecule has 6 nitrogen and oxygen atoms in total. The third kappa shape index (κ3) is 3.13. The van der Waals surface area contributed by atoms with Crippen molar-refractivity contribution in [1.82, 2.24) is 4.98 Å². The highest BCUT2D eigenvalue weighted by molar-refractivity contribution is 6.04. The number of benzene rings is 1. The summed E-state index contributed by atoms with van der Waals surface area (Å²) in [5, 5.41) is 12.4. The van der Waals surface area contributed by atoms with Crippen LogP contribution in [0.4, 0.5) is 5.69 Å². The number of pyridine rings is 1. The van der Waals surface area contributed by atoms with Gasteiger partial charge in [-0.25, -0.2) is 0 Å². The molecule has 0 saturated carbocycles. The number of para-hydroxylation sites is 1. The van der Waals surface area contributed by atoms with Crippen LogP contribution >= 0.6 is 0 Å². The minimum atomic E-state index is -0.735. The van der Waals surface area contributed by atoms with E-state index in [-0.39, 0.29) is 5.56 Å². The van der Waals surface area contributed by atoms with Gasteiger partial charge in [0, 0.05) is 11.3 Å². The molecule has 3 aromatic rings. The number of hydrogen-bond donors (Lipinski definition) is 3. The molecule has 1 amide bonds. The standard InChI is InChI=1S/C18H16N2O4/c1-11(21)12-5-2-3-6-14(12)19-17(22)13-8-9-15(20-18(13)23)16-7-4-10-24-16/h2-11,21H,1H3,(H,19,22)(H,20,23). The first-order valence-electron chi connectivity index (χ1n) is 7.42. The maximum absolute atomic E-state index is 12.4. The molecule has 0 saturated heterocycles. The van der Waals surface area contributed by atoms with Gasteiger partial charge < -0.3 is 19.8 Å². The normalized spacial score (nSPS) is 11.9. The van der Waals surface area contributed by atoms with Crippen molar-refractivity contribution in [2.45, 2.75) is 13.0 Å². The van der Waals surface area contributed by atoms with E-state index in [1.165, 1.54) is 12.3 Å². The molecular weight excluding hydrogens is 308 g/mol. The number of amides is 1. The second-order valence-electron chi connectivity index (χ2n) is 5.31. The zero-order valence-electron chi connectivity index (χ0n) is 12.9. The lowest BCUT2D eigenvalue weighted by molar-refractivity contribution is 0.102. The maximum atomic E-state index is 12.4. The molecule has 3 rings (SSSR count). The molecule has 1 aromatic carbocycles. The van der Waals surface area contributed by atoms with Crippen LogP contribution in [0.5, 0.6) is 0 Å². The van der Waals surface area contributed by atoms with Gasteiger partial charge in [0.2, 0.25) is 0 Å². The Morgan fingerprint density at radius 1 is 1.17 bits per heavy atom. The van der Waals surface area contributed by atoms with Crippen molar-refractivity contribution in [3.8, 4) is 11.5 Å². The highest BCUT2D eigenvalue weighted by Crippen LogP contribution is 2.22. The molecule has 2 heterocycles. The third-order valence-electron chi connectivity index (χ3n) is 3.60. The van der Waals surface area contributed by atoms with Crippen molar-refractivity contribution in [1.29, 1.82) is 0 Å². The number of nitrogens with one attached hydrogen (secondary N) is 2. The minimum absolute atomic E-state index is 0.0225. The van der Waals surface area contributed by atoms with Crippen molar-refractivity contribution in [2.24, 2.45) is 0 Å². The Morgan fingerprint density at radius 2 is 1.96 bits per heavy atom. The molecule has 24 heavy (non-hydrogen) atoms. The van der Waals surface area contributed by atoms with E-state index in [9.17, 15) is 14.7 Å². The summed E-state index contributed by atoms with van der Waals surface area (Å²) >= 11 is 0. The highest BCUT2D eigenvalue weighted by atomic mass is 16.3. The number of carbonyl (C=O) groups excluding carboxylic acids is 1. The number of anilines is 1. The number of aliphatic hydroxyl groups excluding tert-OH is 1. The Balaban J connectivity index is 1.88. The van der Waals surface area contributed by atoms with Crippen LogP contribution in [0.15, 0.2) is 64.0 Å². The second kappa shape index (κ2) is 6.55. The van der Waals surface area contributed by atoms with Crippen molar-refractivity contribution < 1.29 is 14.3 Å². The summed E-state index contributed by atoms with van der Waals surface area (Å²) in [6, 6.07) is 13.4. The monoisotopic (exact) mass is 324 g/mol. The van der Waals surface area contributed by atoms with Crippen LogP contribution in [0.2, 0.25) is 0 Å². The van der Waals surface area contributed by atoms with E-state index in [0.29, 0.717) is 22.7 Å². The van der Waals surface area contributed by atoms with Crippen molar-refractivity contribution in [3.05, 3.63) is 76.3 Å². The van der Waals surface area contributed by atoms with Crippen LogP contribution in [0, 0.1) is 0 Å². The molecule has 1 atom stereocenters. The summed E-state index contributed by atoms with van der Waals surface area (Å²) < 4.78 is 5.21. The molecule has 0 aliphatic heterocycles. The Bertz CT molecular complexity index is 911. The quantitative estimate of drug-likeness (QED) is 0.687. The minimum Gasteiger partial charge on any atom is -0.463 e. The van der Waals surface area contributed by atoms with Crippen LogP contribution < -0.4 is 10.9 Å². The molecule has 0 bridgehead atoms. The molecule has 2 aromatic heterocycles. The smallest absolute Gasteiger partial charge is 0.261 e. The summed E-state index contributed by atoms with van der Waals surface area (Å²) in [6.07, 6.45) is 0.766. The zero-order valence-corrected chi connectivity index (χ0v) is 12.9. The molecule has 1 unspecified atom stereocenters. The topological polar surface area (TPSA) is 95.3 Å². The van der Waals surface area contributed by atoms with E-state index in [2.05, 4.69) is 10.3 Å². The van der Waals surface area contributed by atoms with E-state index < -0.39 is 17.6 Å². The van der Waals surface area contributed by atoms with E-state index in [0.717, 1.165) is 0 Å². The fourth-order valence-electron chi connectivity index (χ4n) is 2.39. The molecule has 6 heteroatoms. The van der Waals surface area contributed by atoms with Crippen LogP contribution in [0.3, 0.4) is 0 Å². The highest BCUT2D eigenvalue weighted by Gasteiger charge is 2.15. The molecule has 0 aliphatic rings. The fourth-order valence-corrected chi connectivity index (χ4v) is 2.39. The average Bonchev–Trinajstić information content (AvgIpc) is 3.09. The van der Waals surface area contributed by atoms with Crippen LogP contribution in [-0.2, 0) is 0 Å². The molecule has 0 aliphatic carbocycles. The van der Waals surface area contributed by atoms with Gasteiger partial charge in [0.05, 0.1) is 18.1 Å². The van der Waals surface area contributed by atoms with Crippen LogP contribution in [0.1, 0.15) is 28.9 Å². The van der Waals surface area contributed by atoms with E-state index in [1.807, 2.05) is 0 Å². The lowest BCUT2D eigenvalue weighted by Crippen LogP contribution is -2.23. The molecule has 122 valence electrons. The van der Waals surface area contributed by atoms with Crippen molar-refractivity contribution >= 4 is 11.6 Å². The van der Waals surface area contributed by atoms with Gasteiger partial charge in [-0.1, -0.05) is 18.2 Å². The van der Waals surface area contributed by atoms with E-state index >= 15 is 0 Å². The van der Waals surface area contributed by atoms with E-state index in [1.54, 1.807) is 49.4 Å². The Labute approximate surface area is 137 Å². The largest absolute Gasteiger partial charge is 0.463 e. The number of hydrogen-bond acceptors (Lipinski definition) is 4. The lowest BCUT2D eigenvalue weighted by atomic mass is 10.1.